The third-order valence-corrected chi connectivity index (χ3v) is 3.35. The van der Waals surface area contributed by atoms with Crippen LogP contribution in [0.1, 0.15) is 15.9 Å². The van der Waals surface area contributed by atoms with E-state index in [9.17, 15) is 20.0 Å². The van der Waals surface area contributed by atoms with E-state index in [4.69, 9.17) is 0 Å². The van der Waals surface area contributed by atoms with Gasteiger partial charge in [-0.3, -0.25) is 14.9 Å². The largest absolute Gasteiger partial charge is 0.502 e. The van der Waals surface area contributed by atoms with Crippen LogP contribution < -0.4 is 5.32 Å². The number of carbonyl (C=O) groups excluding carboxylic acids is 1. The summed E-state index contributed by atoms with van der Waals surface area (Å²) in [4.78, 5) is 22.0. The zero-order chi connectivity index (χ0) is 15.4. The number of carbonyl (C=O) groups is 1. The summed E-state index contributed by atoms with van der Waals surface area (Å²) in [5.74, 6) is -1.20. The van der Waals surface area contributed by atoms with Gasteiger partial charge in [-0.15, -0.1) is 0 Å². The molecular weight excluding hydrogens is 340 g/mol. The Balaban J connectivity index is 2.12. The Morgan fingerprint density at radius 1 is 1.24 bits per heavy atom. The van der Waals surface area contributed by atoms with Crippen LogP contribution in [0.25, 0.3) is 0 Å². The highest BCUT2D eigenvalue weighted by molar-refractivity contribution is 9.10. The Bertz CT molecular complexity index is 686. The maximum Gasteiger partial charge on any atom is 0.311 e. The van der Waals surface area contributed by atoms with Gasteiger partial charge in [0.25, 0.3) is 5.91 Å². The van der Waals surface area contributed by atoms with Crippen LogP contribution in [0.2, 0.25) is 0 Å². The summed E-state index contributed by atoms with van der Waals surface area (Å²) in [5, 5.41) is 23.1. The Kier molecular flexibility index (Phi) is 4.54. The summed E-state index contributed by atoms with van der Waals surface area (Å²) in [7, 11) is 0. The lowest BCUT2D eigenvalue weighted by molar-refractivity contribution is -0.385. The third kappa shape index (κ3) is 3.57. The first-order chi connectivity index (χ1) is 9.99. The molecule has 7 heteroatoms. The van der Waals surface area contributed by atoms with Gasteiger partial charge in [0.1, 0.15) is 0 Å². The molecule has 0 heterocycles. The molecule has 0 aliphatic rings. The molecule has 0 fully saturated rings. The summed E-state index contributed by atoms with van der Waals surface area (Å²) in [6, 6.07) is 11.2. The molecule has 0 saturated heterocycles. The lowest BCUT2D eigenvalue weighted by Crippen LogP contribution is -2.23. The number of nitrogens with zero attached hydrogens (tertiary/aromatic N) is 1. The van der Waals surface area contributed by atoms with Crippen molar-refractivity contribution in [2.45, 2.75) is 6.54 Å². The molecule has 0 aliphatic heterocycles. The zero-order valence-electron chi connectivity index (χ0n) is 10.7. The third-order valence-electron chi connectivity index (χ3n) is 2.82. The summed E-state index contributed by atoms with van der Waals surface area (Å²) in [6.07, 6.45) is 0. The van der Waals surface area contributed by atoms with Gasteiger partial charge in [-0.2, -0.15) is 0 Å². The van der Waals surface area contributed by atoms with Crippen molar-refractivity contribution in [3.63, 3.8) is 0 Å². The summed E-state index contributed by atoms with van der Waals surface area (Å²) in [6.45, 7) is 0.258. The van der Waals surface area contributed by atoms with Gasteiger partial charge in [0.15, 0.2) is 0 Å². The normalized spacial score (nSPS) is 10.1. The van der Waals surface area contributed by atoms with E-state index in [0.29, 0.717) is 0 Å². The number of phenolic OH excluding ortho intramolecular Hbond substituents is 1. The van der Waals surface area contributed by atoms with Gasteiger partial charge in [0, 0.05) is 17.1 Å². The zero-order valence-corrected chi connectivity index (χ0v) is 12.3. The first-order valence-corrected chi connectivity index (χ1v) is 6.77. The monoisotopic (exact) mass is 350 g/mol. The predicted octanol–water partition coefficient (Wildman–Crippen LogP) is 2.99. The second-order valence-electron chi connectivity index (χ2n) is 4.24. The number of rotatable bonds is 4. The SMILES string of the molecule is O=C(NCc1ccc(Br)cc1)c1cccc([N+](=O)[O-])c1O. The lowest BCUT2D eigenvalue weighted by Gasteiger charge is -2.07. The maximum atomic E-state index is 12.0. The van der Waals surface area contributed by atoms with E-state index in [1.165, 1.54) is 12.1 Å². The lowest BCUT2D eigenvalue weighted by atomic mass is 10.1. The van der Waals surface area contributed by atoms with Crippen molar-refractivity contribution >= 4 is 27.5 Å². The second kappa shape index (κ2) is 6.36. The van der Waals surface area contributed by atoms with Crippen molar-refractivity contribution < 1.29 is 14.8 Å². The Labute approximate surface area is 128 Å². The smallest absolute Gasteiger partial charge is 0.311 e. The number of para-hydroxylation sites is 1. The van der Waals surface area contributed by atoms with E-state index in [-0.39, 0.29) is 12.1 Å². The number of nitro benzene ring substituents is 1. The number of halogens is 1. The minimum absolute atomic E-state index is 0.124. The Hall–Kier alpha value is -2.41. The van der Waals surface area contributed by atoms with Crippen LogP contribution in [0.15, 0.2) is 46.9 Å². The van der Waals surface area contributed by atoms with Crippen molar-refractivity contribution in [1.82, 2.24) is 5.32 Å². The van der Waals surface area contributed by atoms with Crippen molar-refractivity contribution in [2.24, 2.45) is 0 Å². The van der Waals surface area contributed by atoms with Crippen molar-refractivity contribution in [3.8, 4) is 5.75 Å². The number of phenols is 1. The number of nitro groups is 1. The van der Waals surface area contributed by atoms with Crippen LogP contribution in [0, 0.1) is 10.1 Å². The van der Waals surface area contributed by atoms with Crippen LogP contribution in [0.4, 0.5) is 5.69 Å². The molecule has 2 rings (SSSR count). The van der Waals surface area contributed by atoms with Gasteiger partial charge in [-0.05, 0) is 23.8 Å². The van der Waals surface area contributed by atoms with Crippen LogP contribution in [-0.4, -0.2) is 15.9 Å². The van der Waals surface area contributed by atoms with E-state index in [1.807, 2.05) is 24.3 Å². The Morgan fingerprint density at radius 2 is 1.90 bits per heavy atom. The van der Waals surface area contributed by atoms with Crippen molar-refractivity contribution in [1.29, 1.82) is 0 Å². The number of amides is 1. The second-order valence-corrected chi connectivity index (χ2v) is 5.16. The van der Waals surface area contributed by atoms with Gasteiger partial charge in [0.05, 0.1) is 10.5 Å². The first-order valence-electron chi connectivity index (χ1n) is 5.98. The van der Waals surface area contributed by atoms with E-state index >= 15 is 0 Å². The Morgan fingerprint density at radius 3 is 2.52 bits per heavy atom. The van der Waals surface area contributed by atoms with Crippen LogP contribution in [0.5, 0.6) is 5.75 Å². The number of aromatic hydroxyl groups is 1. The highest BCUT2D eigenvalue weighted by Crippen LogP contribution is 2.29. The highest BCUT2D eigenvalue weighted by atomic mass is 79.9. The summed E-state index contributed by atoms with van der Waals surface area (Å²) < 4.78 is 0.925. The number of hydrogen-bond acceptors (Lipinski definition) is 4. The molecule has 1 amide bonds. The number of nitrogens with one attached hydrogen (secondary N) is 1. The maximum absolute atomic E-state index is 12.0. The number of hydrogen-bond donors (Lipinski definition) is 2. The fourth-order valence-electron chi connectivity index (χ4n) is 1.74. The fraction of sp³-hybridized carbons (Fsp3) is 0.0714. The molecule has 6 nitrogen and oxygen atoms in total. The molecule has 0 spiro atoms. The molecule has 0 atom stereocenters. The molecule has 0 aliphatic carbocycles. The van der Waals surface area contributed by atoms with E-state index in [1.54, 1.807) is 0 Å². The molecule has 0 aromatic heterocycles. The quantitative estimate of drug-likeness (QED) is 0.654. The average molecular weight is 351 g/mol. The molecule has 2 N–H and O–H groups in total. The van der Waals surface area contributed by atoms with E-state index < -0.39 is 22.3 Å². The molecule has 0 saturated carbocycles. The van der Waals surface area contributed by atoms with Gasteiger partial charge in [-0.25, -0.2) is 0 Å². The standard InChI is InChI=1S/C14H11BrN2O4/c15-10-6-4-9(5-7-10)8-16-14(19)11-2-1-3-12(13(11)18)17(20)21/h1-7,18H,8H2,(H,16,19). The molecule has 2 aromatic carbocycles. The van der Waals surface area contributed by atoms with Gasteiger partial charge >= 0.3 is 5.69 Å². The molecule has 21 heavy (non-hydrogen) atoms. The van der Waals surface area contributed by atoms with E-state index in [0.717, 1.165) is 16.1 Å². The highest BCUT2D eigenvalue weighted by Gasteiger charge is 2.20. The summed E-state index contributed by atoms with van der Waals surface area (Å²) >= 11 is 3.31. The van der Waals surface area contributed by atoms with Gasteiger partial charge in [0.2, 0.25) is 5.75 Å². The van der Waals surface area contributed by atoms with Gasteiger partial charge < -0.3 is 10.4 Å². The number of benzene rings is 2. The van der Waals surface area contributed by atoms with Crippen molar-refractivity contribution in [2.75, 3.05) is 0 Å². The first kappa shape index (κ1) is 15.0. The predicted molar refractivity (Wildman–Crippen MR) is 80.1 cm³/mol. The van der Waals surface area contributed by atoms with Crippen LogP contribution in [0.3, 0.4) is 0 Å². The molecule has 0 radical (unpaired) electrons. The molecule has 108 valence electrons. The minimum Gasteiger partial charge on any atom is -0.502 e. The van der Waals surface area contributed by atoms with Crippen LogP contribution in [-0.2, 0) is 6.54 Å². The van der Waals surface area contributed by atoms with Gasteiger partial charge in [-0.1, -0.05) is 34.1 Å². The average Bonchev–Trinajstić information content (AvgIpc) is 2.46. The van der Waals surface area contributed by atoms with Crippen LogP contribution >= 0.6 is 15.9 Å². The minimum atomic E-state index is -0.735. The molecule has 2 aromatic rings. The topological polar surface area (TPSA) is 92.5 Å². The molecule has 0 unspecified atom stereocenters. The molecular formula is C14H11BrN2O4. The summed E-state index contributed by atoms with van der Waals surface area (Å²) in [5.41, 5.74) is 0.254. The fourth-order valence-corrected chi connectivity index (χ4v) is 2.01. The van der Waals surface area contributed by atoms with Crippen molar-refractivity contribution in [3.05, 3.63) is 68.2 Å². The molecule has 0 bridgehead atoms. The van der Waals surface area contributed by atoms with E-state index in [2.05, 4.69) is 21.2 Å².